The van der Waals surface area contributed by atoms with Crippen molar-refractivity contribution in [1.82, 2.24) is 20.4 Å². The van der Waals surface area contributed by atoms with Gasteiger partial charge in [-0.3, -0.25) is 43.2 Å². The van der Waals surface area contributed by atoms with Gasteiger partial charge in [0.1, 0.15) is 24.1 Å². The third-order valence-corrected chi connectivity index (χ3v) is 12.1. The van der Waals surface area contributed by atoms with Crippen LogP contribution in [-0.2, 0) is 44.8 Å². The normalized spacial score (nSPS) is 20.5. The molecule has 0 aliphatic carbocycles. The van der Waals surface area contributed by atoms with Crippen LogP contribution < -0.4 is 25.3 Å². The van der Waals surface area contributed by atoms with Crippen LogP contribution in [0.5, 0.6) is 5.75 Å². The average Bonchev–Trinajstić information content (AvgIpc) is 3.67. The molecule has 2 saturated heterocycles. The molecule has 0 saturated carbocycles. The first-order chi connectivity index (χ1) is 33.4. The number of hydrogen-bond donors (Lipinski definition) is 6. The Kier molecular flexibility index (Phi) is 19.5. The number of imide groups is 1. The monoisotopic (exact) mass is 953 g/mol. The van der Waals surface area contributed by atoms with Crippen molar-refractivity contribution in [1.29, 1.82) is 0 Å². The zero-order chi connectivity index (χ0) is 49.1. The van der Waals surface area contributed by atoms with Crippen LogP contribution in [0.25, 0.3) is 6.08 Å². The Balaban J connectivity index is 0.975. The highest BCUT2D eigenvalue weighted by Gasteiger charge is 2.46. The number of ether oxygens (including phenoxy) is 3. The SMILES string of the molecule is O=CO[C@H]1O[C@@H](Oc2ccc(C[n+]3cccc(/C=C/C(=O)NCCCCC4CCN(C(=O)c5ccccc5)CC4)c3)cc2NC(=O)CCNC(=O)CCCCCN2C(=O)C=CC2=O)[C@H](O)[C@@H](O)[C@@H]1O. The topological polar surface area (TPSA) is 254 Å². The van der Waals surface area contributed by atoms with Crippen molar-refractivity contribution < 1.29 is 67.7 Å². The fourth-order valence-corrected chi connectivity index (χ4v) is 8.22. The van der Waals surface area contributed by atoms with Crippen molar-refractivity contribution in [3.05, 3.63) is 108 Å². The highest BCUT2D eigenvalue weighted by Crippen LogP contribution is 2.31. The van der Waals surface area contributed by atoms with Gasteiger partial charge in [0.15, 0.2) is 18.9 Å². The number of benzene rings is 2. The predicted molar refractivity (Wildman–Crippen MR) is 248 cm³/mol. The molecule has 19 nitrogen and oxygen atoms in total. The molecule has 19 heteroatoms. The number of likely N-dealkylation sites (tertiary alicyclic amines) is 1. The lowest BCUT2D eigenvalue weighted by atomic mass is 9.91. The Morgan fingerprint density at radius 3 is 2.30 bits per heavy atom. The number of anilines is 1. The van der Waals surface area contributed by atoms with Gasteiger partial charge in [-0.25, -0.2) is 4.57 Å². The van der Waals surface area contributed by atoms with Gasteiger partial charge in [0.05, 0.1) is 5.69 Å². The van der Waals surface area contributed by atoms with E-state index in [0.717, 1.165) is 61.2 Å². The summed E-state index contributed by atoms with van der Waals surface area (Å²) in [6.45, 7) is 2.67. The number of aliphatic hydroxyl groups is 3. The maximum atomic E-state index is 13.2. The highest BCUT2D eigenvalue weighted by molar-refractivity contribution is 6.12. The summed E-state index contributed by atoms with van der Waals surface area (Å²) in [5.41, 5.74) is 2.31. The number of piperidine rings is 1. The molecule has 69 heavy (non-hydrogen) atoms. The van der Waals surface area contributed by atoms with Crippen LogP contribution in [0.3, 0.4) is 0 Å². The van der Waals surface area contributed by atoms with E-state index in [2.05, 4.69) is 16.0 Å². The predicted octanol–water partition coefficient (Wildman–Crippen LogP) is 2.12. The Morgan fingerprint density at radius 2 is 1.55 bits per heavy atom. The van der Waals surface area contributed by atoms with Gasteiger partial charge in [-0.15, -0.1) is 0 Å². The molecular weight excluding hydrogens is 893 g/mol. The maximum Gasteiger partial charge on any atom is 0.295 e. The van der Waals surface area contributed by atoms with E-state index >= 15 is 0 Å². The van der Waals surface area contributed by atoms with Crippen molar-refractivity contribution >= 4 is 53.7 Å². The summed E-state index contributed by atoms with van der Waals surface area (Å²) >= 11 is 0. The largest absolute Gasteiger partial charge is 0.460 e. The minimum atomic E-state index is -1.81. The quantitative estimate of drug-likeness (QED) is 0.0248. The fraction of sp³-hybridized carbons (Fsp3) is 0.440. The number of amides is 6. The van der Waals surface area contributed by atoms with Crippen LogP contribution in [0.1, 0.15) is 85.7 Å². The highest BCUT2D eigenvalue weighted by atomic mass is 16.8. The molecule has 3 aliphatic heterocycles. The number of pyridine rings is 1. The van der Waals surface area contributed by atoms with Crippen LogP contribution in [0.4, 0.5) is 5.69 Å². The number of hydrogen-bond acceptors (Lipinski definition) is 13. The fourth-order valence-electron chi connectivity index (χ4n) is 8.22. The molecule has 0 radical (unpaired) electrons. The number of nitrogens with zero attached hydrogens (tertiary/aromatic N) is 3. The Labute approximate surface area is 400 Å². The lowest BCUT2D eigenvalue weighted by molar-refractivity contribution is -0.688. The summed E-state index contributed by atoms with van der Waals surface area (Å²) < 4.78 is 17.9. The van der Waals surface area contributed by atoms with Gasteiger partial charge >= 0.3 is 0 Å². The van der Waals surface area contributed by atoms with Crippen LogP contribution in [0, 0.1) is 5.92 Å². The molecule has 368 valence electrons. The van der Waals surface area contributed by atoms with Crippen molar-refractivity contribution in [3.8, 4) is 5.75 Å². The molecule has 6 N–H and O–H groups in total. The van der Waals surface area contributed by atoms with E-state index in [-0.39, 0.29) is 73.4 Å². The number of rotatable bonds is 24. The smallest absolute Gasteiger partial charge is 0.295 e. The second-order valence-electron chi connectivity index (χ2n) is 17.2. The van der Waals surface area contributed by atoms with Crippen molar-refractivity contribution in [2.24, 2.45) is 5.92 Å². The van der Waals surface area contributed by atoms with Crippen molar-refractivity contribution in [2.75, 3.05) is 38.0 Å². The van der Waals surface area contributed by atoms with E-state index in [9.17, 15) is 48.9 Å². The van der Waals surface area contributed by atoms with Crippen molar-refractivity contribution in [3.63, 3.8) is 0 Å². The number of aromatic nitrogens is 1. The number of carbonyl (C=O) groups is 7. The van der Waals surface area contributed by atoms with Gasteiger partial charge in [-0.1, -0.05) is 37.5 Å². The molecule has 2 aromatic carbocycles. The zero-order valence-electron chi connectivity index (χ0n) is 38.4. The van der Waals surface area contributed by atoms with Crippen LogP contribution >= 0.6 is 0 Å². The zero-order valence-corrected chi connectivity index (χ0v) is 38.4. The van der Waals surface area contributed by atoms with Gasteiger partial charge in [0.2, 0.25) is 30.3 Å². The molecule has 2 fully saturated rings. The van der Waals surface area contributed by atoms with E-state index in [0.29, 0.717) is 43.8 Å². The summed E-state index contributed by atoms with van der Waals surface area (Å²) in [7, 11) is 0. The summed E-state index contributed by atoms with van der Waals surface area (Å²) in [6.07, 6.45) is 7.25. The van der Waals surface area contributed by atoms with E-state index in [4.69, 9.17) is 14.2 Å². The van der Waals surface area contributed by atoms with Crippen LogP contribution in [-0.4, -0.2) is 131 Å². The minimum absolute atomic E-state index is 0.00647. The van der Waals surface area contributed by atoms with Gasteiger partial charge in [0.25, 0.3) is 24.2 Å². The standard InChI is InChI=1S/C50H60N6O13/c57-33-67-49-46(64)45(63)47(65)50(69-49)68-39-17-15-36(30-38(39)53-42(60)21-25-52-40(58)14-5-2-8-27-56-43(61)19-20-44(56)62)32-54-26-9-11-35(31-54)16-18-41(59)51-24-7-6-10-34-22-28-55(29-23-34)48(66)37-12-3-1-4-13-37/h1,3-4,9,11-13,15-20,26,30-31,33-34,45-47,49-50,63-65H,2,5-8,10,14,21-25,27-29,32H2,(H2-,51,52,53,58,59,60)/p+1/b18-16+/t45-,46-,47+,49-,50+/m0/s1. The molecule has 0 unspecified atom stereocenters. The number of nitrogens with one attached hydrogen (secondary N) is 3. The first-order valence-corrected chi connectivity index (χ1v) is 23.4. The maximum absolute atomic E-state index is 13.2. The summed E-state index contributed by atoms with van der Waals surface area (Å²) in [5.74, 6) is -1.04. The van der Waals surface area contributed by atoms with E-state index in [1.165, 1.54) is 24.3 Å². The lowest BCUT2D eigenvalue weighted by Gasteiger charge is -2.39. The number of unbranched alkanes of at least 4 members (excludes halogenated alkanes) is 3. The first-order valence-electron chi connectivity index (χ1n) is 23.4. The Morgan fingerprint density at radius 1 is 0.797 bits per heavy atom. The Bertz CT molecular complexity index is 2300. The van der Waals surface area contributed by atoms with E-state index in [1.807, 2.05) is 64.3 Å². The molecule has 0 spiro atoms. The lowest BCUT2D eigenvalue weighted by Crippen LogP contribution is -2.59. The molecule has 3 aliphatic rings. The number of aliphatic hydroxyl groups excluding tert-OH is 3. The average molecular weight is 954 g/mol. The summed E-state index contributed by atoms with van der Waals surface area (Å²) in [6, 6.07) is 17.9. The molecular formula is C50H61N6O13+. The van der Waals surface area contributed by atoms with Crippen LogP contribution in [0.2, 0.25) is 0 Å². The van der Waals surface area contributed by atoms with E-state index in [1.54, 1.807) is 18.2 Å². The molecule has 6 amide bonds. The van der Waals surface area contributed by atoms with Gasteiger partial charge in [-0.05, 0) is 80.5 Å². The third-order valence-electron chi connectivity index (χ3n) is 12.1. The van der Waals surface area contributed by atoms with Gasteiger partial charge in [0, 0.05) is 86.6 Å². The van der Waals surface area contributed by atoms with E-state index < -0.39 is 36.8 Å². The second kappa shape index (κ2) is 26.1. The summed E-state index contributed by atoms with van der Waals surface area (Å²) in [4.78, 5) is 88.7. The number of carbonyl (C=O) groups excluding carboxylic acids is 7. The Hall–Kier alpha value is -6.80. The molecule has 5 atom stereocenters. The molecule has 4 heterocycles. The molecule has 0 bridgehead atoms. The summed E-state index contributed by atoms with van der Waals surface area (Å²) in [5, 5.41) is 39.7. The first kappa shape index (κ1) is 51.6. The molecule has 1 aromatic heterocycles. The minimum Gasteiger partial charge on any atom is -0.460 e. The second-order valence-corrected chi connectivity index (χ2v) is 17.2. The molecule has 6 rings (SSSR count). The van der Waals surface area contributed by atoms with Crippen LogP contribution in [0.15, 0.2) is 91.3 Å². The third kappa shape index (κ3) is 15.6. The van der Waals surface area contributed by atoms with Gasteiger partial charge < -0.3 is 45.6 Å². The molecule has 3 aromatic rings. The van der Waals surface area contributed by atoms with Gasteiger partial charge in [-0.2, -0.15) is 0 Å². The van der Waals surface area contributed by atoms with Crippen molar-refractivity contribution in [2.45, 2.75) is 102 Å².